The minimum atomic E-state index is -4.68. The Kier molecular flexibility index (Phi) is 7.92. The Bertz CT molecular complexity index is 853. The molecule has 1 heterocycles. The van der Waals surface area contributed by atoms with E-state index in [1.807, 2.05) is 0 Å². The van der Waals surface area contributed by atoms with Crippen molar-refractivity contribution in [3.8, 4) is 0 Å². The largest absolute Gasteiger partial charge is 0.416 e. The van der Waals surface area contributed by atoms with Gasteiger partial charge in [-0.2, -0.15) is 13.2 Å². The van der Waals surface area contributed by atoms with E-state index in [0.717, 1.165) is 36.6 Å². The van der Waals surface area contributed by atoms with Crippen LogP contribution in [0.2, 0.25) is 0 Å². The van der Waals surface area contributed by atoms with E-state index < -0.39 is 36.8 Å². The summed E-state index contributed by atoms with van der Waals surface area (Å²) >= 11 is 0. The molecule has 33 heavy (non-hydrogen) atoms. The Morgan fingerprint density at radius 2 is 1.79 bits per heavy atom. The van der Waals surface area contributed by atoms with Gasteiger partial charge in [0.05, 0.1) is 18.7 Å². The van der Waals surface area contributed by atoms with Gasteiger partial charge in [0, 0.05) is 31.1 Å². The van der Waals surface area contributed by atoms with E-state index in [-0.39, 0.29) is 55.0 Å². The number of likely N-dealkylation sites (tertiary alicyclic amines) is 1. The summed E-state index contributed by atoms with van der Waals surface area (Å²) < 4.78 is 78.3. The van der Waals surface area contributed by atoms with Gasteiger partial charge in [-0.25, -0.2) is 13.2 Å². The molecule has 0 aromatic heterocycles. The molecule has 0 atom stereocenters. The minimum absolute atomic E-state index is 0.00536. The Morgan fingerprint density at radius 1 is 1.09 bits per heavy atom. The van der Waals surface area contributed by atoms with E-state index in [1.165, 1.54) is 0 Å². The molecule has 5 nitrogen and oxygen atoms in total. The number of nitrogens with one attached hydrogen (secondary N) is 2. The molecule has 1 saturated carbocycles. The second-order valence-corrected chi connectivity index (χ2v) is 8.78. The molecule has 184 valence electrons. The lowest BCUT2D eigenvalue weighted by Gasteiger charge is -2.29. The third-order valence-electron chi connectivity index (χ3n) is 6.20. The van der Waals surface area contributed by atoms with Gasteiger partial charge in [-0.15, -0.1) is 0 Å². The van der Waals surface area contributed by atoms with Crippen molar-refractivity contribution in [3.63, 3.8) is 0 Å². The molecule has 2 N–H and O–H groups in total. The van der Waals surface area contributed by atoms with Gasteiger partial charge in [-0.05, 0) is 55.4 Å². The number of hydrogen-bond donors (Lipinski definition) is 2. The fourth-order valence-corrected chi connectivity index (χ4v) is 4.27. The molecule has 1 saturated heterocycles. The molecule has 0 radical (unpaired) electrons. The van der Waals surface area contributed by atoms with Crippen LogP contribution < -0.4 is 10.6 Å². The first-order valence-electron chi connectivity index (χ1n) is 10.9. The highest BCUT2D eigenvalue weighted by Gasteiger charge is 2.40. The van der Waals surface area contributed by atoms with Gasteiger partial charge < -0.3 is 15.5 Å². The smallest absolute Gasteiger partial charge is 0.352 e. The van der Waals surface area contributed by atoms with Crippen LogP contribution in [0.15, 0.2) is 18.2 Å². The van der Waals surface area contributed by atoms with E-state index in [0.29, 0.717) is 12.1 Å². The predicted octanol–water partition coefficient (Wildman–Crippen LogP) is 3.92. The van der Waals surface area contributed by atoms with Crippen molar-refractivity contribution in [1.82, 2.24) is 15.5 Å². The number of halogens is 6. The van der Waals surface area contributed by atoms with Crippen LogP contribution in [0.4, 0.5) is 26.3 Å². The fraction of sp³-hybridized carbons (Fsp3) is 0.636. The molecule has 1 aromatic carbocycles. The van der Waals surface area contributed by atoms with Crippen LogP contribution >= 0.6 is 0 Å². The highest BCUT2D eigenvalue weighted by molar-refractivity contribution is 5.94. The second kappa shape index (κ2) is 10.3. The van der Waals surface area contributed by atoms with Crippen LogP contribution in [0.3, 0.4) is 0 Å². The van der Waals surface area contributed by atoms with Gasteiger partial charge in [0.2, 0.25) is 5.91 Å². The van der Waals surface area contributed by atoms with Crippen molar-refractivity contribution in [2.24, 2.45) is 5.92 Å². The summed E-state index contributed by atoms with van der Waals surface area (Å²) in [5.41, 5.74) is -1.52. The quantitative estimate of drug-likeness (QED) is 0.583. The van der Waals surface area contributed by atoms with Crippen molar-refractivity contribution in [2.75, 3.05) is 26.2 Å². The summed E-state index contributed by atoms with van der Waals surface area (Å²) in [6, 6.07) is 2.56. The molecule has 0 bridgehead atoms. The van der Waals surface area contributed by atoms with Crippen LogP contribution in [0.1, 0.15) is 53.6 Å². The average molecular weight is 479 g/mol. The topological polar surface area (TPSA) is 61.4 Å². The molecular weight excluding hydrogens is 452 g/mol. The molecule has 1 aliphatic heterocycles. The zero-order valence-corrected chi connectivity index (χ0v) is 18.0. The second-order valence-electron chi connectivity index (χ2n) is 8.78. The third kappa shape index (κ3) is 7.09. The fourth-order valence-electron chi connectivity index (χ4n) is 4.27. The number of hydrogen-bond acceptors (Lipinski definition) is 3. The Labute approximate surface area is 187 Å². The van der Waals surface area contributed by atoms with Crippen molar-refractivity contribution >= 4 is 11.8 Å². The molecule has 2 aliphatic rings. The SMILES string of the molecule is O=C(NCC1CCC(NCC(=O)N2CCC(F)(F)C2)CC1)c1cc(CF)cc(C(F)(F)F)c1. The lowest BCUT2D eigenvalue weighted by atomic mass is 9.86. The van der Waals surface area contributed by atoms with Crippen LogP contribution in [0.5, 0.6) is 0 Å². The van der Waals surface area contributed by atoms with E-state index >= 15 is 0 Å². The van der Waals surface area contributed by atoms with Gasteiger partial charge in [0.15, 0.2) is 0 Å². The maximum absolute atomic E-state index is 13.2. The maximum Gasteiger partial charge on any atom is 0.416 e. The molecule has 0 spiro atoms. The van der Waals surface area contributed by atoms with Gasteiger partial charge in [-0.3, -0.25) is 9.59 Å². The normalized spacial score (nSPS) is 22.9. The van der Waals surface area contributed by atoms with Crippen molar-refractivity contribution in [1.29, 1.82) is 0 Å². The van der Waals surface area contributed by atoms with Crippen molar-refractivity contribution in [2.45, 2.75) is 56.9 Å². The first-order valence-corrected chi connectivity index (χ1v) is 10.9. The molecule has 2 fully saturated rings. The summed E-state index contributed by atoms with van der Waals surface area (Å²) in [5, 5.41) is 5.73. The number of amides is 2. The van der Waals surface area contributed by atoms with Gasteiger partial charge in [0.1, 0.15) is 6.67 Å². The zero-order chi connectivity index (χ0) is 24.2. The molecule has 2 amide bonds. The molecule has 0 unspecified atom stereocenters. The maximum atomic E-state index is 13.2. The lowest BCUT2D eigenvalue weighted by Crippen LogP contribution is -2.43. The summed E-state index contributed by atoms with van der Waals surface area (Å²) in [6.45, 7) is -1.33. The van der Waals surface area contributed by atoms with Crippen molar-refractivity contribution < 1.29 is 35.9 Å². The molecule has 1 aromatic rings. The number of carbonyl (C=O) groups is 2. The molecule has 1 aliphatic carbocycles. The summed E-state index contributed by atoms with van der Waals surface area (Å²) in [5.74, 6) is -3.74. The van der Waals surface area contributed by atoms with E-state index in [9.17, 15) is 35.9 Å². The van der Waals surface area contributed by atoms with Crippen LogP contribution in [0, 0.1) is 5.92 Å². The summed E-state index contributed by atoms with van der Waals surface area (Å²) in [6.07, 6.45) is -2.09. The summed E-state index contributed by atoms with van der Waals surface area (Å²) in [4.78, 5) is 25.6. The number of rotatable bonds is 7. The number of benzene rings is 1. The third-order valence-corrected chi connectivity index (χ3v) is 6.20. The van der Waals surface area contributed by atoms with E-state index in [1.54, 1.807) is 0 Å². The molecule has 3 rings (SSSR count). The number of nitrogens with zero attached hydrogens (tertiary/aromatic N) is 1. The van der Waals surface area contributed by atoms with Gasteiger partial charge >= 0.3 is 6.18 Å². The van der Waals surface area contributed by atoms with E-state index in [4.69, 9.17) is 0 Å². The molecular formula is C22H27F6N3O2. The first-order chi connectivity index (χ1) is 15.5. The Hall–Kier alpha value is -2.30. The van der Waals surface area contributed by atoms with E-state index in [2.05, 4.69) is 10.6 Å². The lowest BCUT2D eigenvalue weighted by molar-refractivity contribution is -0.137. The highest BCUT2D eigenvalue weighted by atomic mass is 19.4. The highest BCUT2D eigenvalue weighted by Crippen LogP contribution is 2.31. The minimum Gasteiger partial charge on any atom is -0.352 e. The van der Waals surface area contributed by atoms with Crippen LogP contribution in [-0.2, 0) is 17.6 Å². The Morgan fingerprint density at radius 3 is 2.36 bits per heavy atom. The Balaban J connectivity index is 1.42. The van der Waals surface area contributed by atoms with Crippen molar-refractivity contribution in [3.05, 3.63) is 34.9 Å². The number of alkyl halides is 6. The molecule has 11 heteroatoms. The average Bonchev–Trinajstić information content (AvgIpc) is 3.15. The van der Waals surface area contributed by atoms with Gasteiger partial charge in [-0.1, -0.05) is 0 Å². The van der Waals surface area contributed by atoms with Gasteiger partial charge in [0.25, 0.3) is 11.8 Å². The number of carbonyl (C=O) groups excluding carboxylic acids is 2. The summed E-state index contributed by atoms with van der Waals surface area (Å²) in [7, 11) is 0. The zero-order valence-electron chi connectivity index (χ0n) is 18.0. The van der Waals surface area contributed by atoms with Crippen LogP contribution in [-0.4, -0.2) is 54.9 Å². The standard InChI is InChI=1S/C22H27F6N3O2/c23-10-15-7-16(9-17(8-15)22(26,27)28)20(33)30-11-14-1-3-18(4-2-14)29-12-19(32)31-6-5-21(24,25)13-31/h7-9,14,18,29H,1-6,10-13H2,(H,30,33). The first kappa shape index (κ1) is 25.3. The monoisotopic (exact) mass is 479 g/mol. The predicted molar refractivity (Wildman–Crippen MR) is 108 cm³/mol. The van der Waals surface area contributed by atoms with Crippen LogP contribution in [0.25, 0.3) is 0 Å².